The maximum Gasteiger partial charge on any atom is 0.136 e. The van der Waals surface area contributed by atoms with E-state index >= 15 is 0 Å². The highest BCUT2D eigenvalue weighted by Crippen LogP contribution is 2.56. The van der Waals surface area contributed by atoms with E-state index in [4.69, 9.17) is 4.42 Å². The van der Waals surface area contributed by atoms with Crippen LogP contribution in [0.15, 0.2) is 217 Å². The Morgan fingerprint density at radius 3 is 1.56 bits per heavy atom. The van der Waals surface area contributed by atoms with Gasteiger partial charge in [-0.2, -0.15) is 0 Å². The van der Waals surface area contributed by atoms with Crippen molar-refractivity contribution < 1.29 is 4.42 Å². The van der Waals surface area contributed by atoms with Crippen LogP contribution in [0.3, 0.4) is 0 Å². The molecule has 0 aliphatic heterocycles. The summed E-state index contributed by atoms with van der Waals surface area (Å²) in [6.07, 6.45) is 0. The van der Waals surface area contributed by atoms with Crippen LogP contribution < -0.4 is 4.90 Å². The highest BCUT2D eigenvalue weighted by atomic mass is 16.3. The lowest BCUT2D eigenvalue weighted by atomic mass is 9.68. The Bertz CT molecular complexity index is 2970. The lowest BCUT2D eigenvalue weighted by Gasteiger charge is -2.34. The van der Waals surface area contributed by atoms with Gasteiger partial charge in [-0.25, -0.2) is 0 Å². The maximum absolute atomic E-state index is 6.63. The number of para-hydroxylation sites is 1. The van der Waals surface area contributed by atoms with Crippen LogP contribution >= 0.6 is 0 Å². The van der Waals surface area contributed by atoms with Crippen molar-refractivity contribution in [2.75, 3.05) is 4.90 Å². The van der Waals surface area contributed by atoms with Crippen molar-refractivity contribution in [1.29, 1.82) is 0 Å². The molecular weight excluding hydrogens is 667 g/mol. The van der Waals surface area contributed by atoms with E-state index in [1.807, 2.05) is 0 Å². The lowest BCUT2D eigenvalue weighted by Crippen LogP contribution is -2.28. The fourth-order valence-electron chi connectivity index (χ4n) is 9.22. The Kier molecular flexibility index (Phi) is 7.11. The first kappa shape index (κ1) is 31.4. The third-order valence-corrected chi connectivity index (χ3v) is 11.5. The molecule has 55 heavy (non-hydrogen) atoms. The van der Waals surface area contributed by atoms with E-state index in [2.05, 4.69) is 217 Å². The topological polar surface area (TPSA) is 16.4 Å². The Labute approximate surface area is 320 Å². The van der Waals surface area contributed by atoms with Crippen LogP contribution in [0.4, 0.5) is 17.1 Å². The summed E-state index contributed by atoms with van der Waals surface area (Å²) in [5, 5.41) is 4.64. The summed E-state index contributed by atoms with van der Waals surface area (Å²) in [6.45, 7) is 0. The monoisotopic (exact) mass is 701 g/mol. The molecule has 9 aromatic carbocycles. The van der Waals surface area contributed by atoms with Gasteiger partial charge in [0.1, 0.15) is 11.2 Å². The minimum Gasteiger partial charge on any atom is -0.456 e. The number of furan rings is 1. The summed E-state index contributed by atoms with van der Waals surface area (Å²) < 4.78 is 6.63. The number of anilines is 3. The molecule has 1 aromatic heterocycles. The van der Waals surface area contributed by atoms with Gasteiger partial charge in [0.15, 0.2) is 0 Å². The molecule has 0 radical (unpaired) electrons. The first-order valence-corrected chi connectivity index (χ1v) is 18.9. The number of fused-ring (bicyclic) bond motifs is 8. The molecule has 1 aliphatic carbocycles. The van der Waals surface area contributed by atoms with Crippen molar-refractivity contribution in [3.05, 3.63) is 235 Å². The minimum atomic E-state index is -0.446. The predicted molar refractivity (Wildman–Crippen MR) is 229 cm³/mol. The first-order valence-electron chi connectivity index (χ1n) is 18.9. The fraction of sp³-hybridized carbons (Fsp3) is 0.0189. The zero-order valence-corrected chi connectivity index (χ0v) is 30.1. The molecule has 11 rings (SSSR count). The average molecular weight is 702 g/mol. The van der Waals surface area contributed by atoms with E-state index in [9.17, 15) is 0 Å². The van der Waals surface area contributed by atoms with Gasteiger partial charge in [0.05, 0.1) is 5.41 Å². The largest absolute Gasteiger partial charge is 0.456 e. The number of hydrogen-bond acceptors (Lipinski definition) is 2. The van der Waals surface area contributed by atoms with Crippen LogP contribution in [-0.2, 0) is 5.41 Å². The van der Waals surface area contributed by atoms with E-state index in [0.717, 1.165) is 39.0 Å². The molecule has 10 aromatic rings. The molecule has 0 spiro atoms. The van der Waals surface area contributed by atoms with Crippen molar-refractivity contribution in [3.63, 3.8) is 0 Å². The molecule has 0 fully saturated rings. The van der Waals surface area contributed by atoms with Crippen LogP contribution in [0.2, 0.25) is 0 Å². The van der Waals surface area contributed by atoms with Crippen molar-refractivity contribution in [1.82, 2.24) is 0 Å². The summed E-state index contributed by atoms with van der Waals surface area (Å²) in [6, 6.07) is 76.8. The summed E-state index contributed by atoms with van der Waals surface area (Å²) in [4.78, 5) is 2.36. The molecule has 1 aliphatic rings. The second kappa shape index (κ2) is 12.5. The molecular formula is C53H35NO. The molecule has 0 saturated carbocycles. The minimum absolute atomic E-state index is 0.446. The van der Waals surface area contributed by atoms with Gasteiger partial charge < -0.3 is 9.32 Å². The van der Waals surface area contributed by atoms with E-state index < -0.39 is 5.41 Å². The summed E-state index contributed by atoms with van der Waals surface area (Å²) in [5.74, 6) is 0. The normalized spacial score (nSPS) is 12.9. The predicted octanol–water partition coefficient (Wildman–Crippen LogP) is 14.2. The Balaban J connectivity index is 1.10. The molecule has 0 N–H and O–H groups in total. The second-order valence-corrected chi connectivity index (χ2v) is 14.4. The van der Waals surface area contributed by atoms with Gasteiger partial charge in [-0.1, -0.05) is 164 Å². The van der Waals surface area contributed by atoms with Gasteiger partial charge >= 0.3 is 0 Å². The Hall–Kier alpha value is -7.16. The van der Waals surface area contributed by atoms with E-state index in [1.165, 1.54) is 55.3 Å². The summed E-state index contributed by atoms with van der Waals surface area (Å²) in [7, 11) is 0. The smallest absolute Gasteiger partial charge is 0.136 e. The highest BCUT2D eigenvalue weighted by Gasteiger charge is 2.45. The fourth-order valence-corrected chi connectivity index (χ4v) is 9.22. The maximum atomic E-state index is 6.63. The molecule has 1 heterocycles. The van der Waals surface area contributed by atoms with Crippen molar-refractivity contribution in [2.24, 2.45) is 0 Å². The molecule has 2 nitrogen and oxygen atoms in total. The average Bonchev–Trinajstić information content (AvgIpc) is 3.78. The number of rotatable bonds is 6. The number of hydrogen-bond donors (Lipinski definition) is 0. The van der Waals surface area contributed by atoms with Crippen LogP contribution in [0.5, 0.6) is 0 Å². The van der Waals surface area contributed by atoms with Crippen molar-refractivity contribution in [2.45, 2.75) is 5.41 Å². The SMILES string of the molecule is c1ccc(-c2cc3oc4ccc(N(c5ccccc5)c5ccc(C6(c7ccccc7)c7ccccc7-c7ccccc76)cc5)cc4c3c3ccccc23)cc1. The molecule has 0 saturated heterocycles. The van der Waals surface area contributed by atoms with Crippen LogP contribution in [-0.4, -0.2) is 0 Å². The van der Waals surface area contributed by atoms with Gasteiger partial charge in [-0.3, -0.25) is 0 Å². The molecule has 258 valence electrons. The quantitative estimate of drug-likeness (QED) is 0.172. The third kappa shape index (κ3) is 4.75. The molecule has 0 amide bonds. The lowest BCUT2D eigenvalue weighted by molar-refractivity contribution is 0.669. The van der Waals surface area contributed by atoms with Gasteiger partial charge in [-0.15, -0.1) is 0 Å². The molecule has 0 bridgehead atoms. The standard InChI is InChI=1S/C53H35NO/c1-4-16-36(17-5-1)46-35-51-52(45-25-11-10-22-42(45)46)47-34-41(32-33-50(47)55-51)54(39-20-8-3-9-21-39)40-30-28-38(29-31-40)53(37-18-6-2-7-19-37)48-26-14-12-23-43(48)44-24-13-15-27-49(44)53/h1-35H. The zero-order valence-electron chi connectivity index (χ0n) is 30.1. The number of nitrogens with zero attached hydrogens (tertiary/aromatic N) is 1. The van der Waals surface area contributed by atoms with Crippen LogP contribution in [0.25, 0.3) is 55.0 Å². The molecule has 0 atom stereocenters. The van der Waals surface area contributed by atoms with Crippen molar-refractivity contribution in [3.8, 4) is 22.3 Å². The van der Waals surface area contributed by atoms with Gasteiger partial charge in [0.2, 0.25) is 0 Å². The van der Waals surface area contributed by atoms with Crippen LogP contribution in [0, 0.1) is 0 Å². The van der Waals surface area contributed by atoms with Gasteiger partial charge in [0.25, 0.3) is 0 Å². The Morgan fingerprint density at radius 1 is 0.345 bits per heavy atom. The summed E-state index contributed by atoms with van der Waals surface area (Å²) in [5.41, 5.74) is 14.6. The third-order valence-electron chi connectivity index (χ3n) is 11.5. The Morgan fingerprint density at radius 2 is 0.873 bits per heavy atom. The van der Waals surface area contributed by atoms with E-state index in [-0.39, 0.29) is 0 Å². The number of benzene rings is 9. The first-order chi connectivity index (χ1) is 27.3. The van der Waals surface area contributed by atoms with Gasteiger partial charge in [0, 0.05) is 27.8 Å². The second-order valence-electron chi connectivity index (χ2n) is 14.4. The van der Waals surface area contributed by atoms with E-state index in [1.54, 1.807) is 0 Å². The molecule has 0 unspecified atom stereocenters. The van der Waals surface area contributed by atoms with Gasteiger partial charge in [-0.05, 0) is 104 Å². The highest BCUT2D eigenvalue weighted by molar-refractivity contribution is 6.22. The zero-order chi connectivity index (χ0) is 36.3. The summed E-state index contributed by atoms with van der Waals surface area (Å²) >= 11 is 0. The van der Waals surface area contributed by atoms with E-state index in [0.29, 0.717) is 0 Å². The van der Waals surface area contributed by atoms with Crippen molar-refractivity contribution >= 4 is 49.8 Å². The van der Waals surface area contributed by atoms with Crippen LogP contribution in [0.1, 0.15) is 22.3 Å². The molecule has 2 heteroatoms.